The topological polar surface area (TPSA) is 75.7 Å². The summed E-state index contributed by atoms with van der Waals surface area (Å²) in [7, 11) is 0. The number of anilines is 1. The van der Waals surface area contributed by atoms with Crippen molar-refractivity contribution >= 4 is 28.4 Å². The van der Waals surface area contributed by atoms with E-state index in [0.717, 1.165) is 12.1 Å². The van der Waals surface area contributed by atoms with Gasteiger partial charge in [-0.05, 0) is 30.2 Å². The molecule has 0 amide bonds. The number of H-pyrrole nitrogens is 1. The Bertz CT molecular complexity index is 779. The van der Waals surface area contributed by atoms with Gasteiger partial charge in [-0.2, -0.15) is 9.97 Å². The average molecular weight is 343 g/mol. The molecule has 2 N–H and O–H groups in total. The maximum absolute atomic E-state index is 6.04. The monoisotopic (exact) mass is 343 g/mol. The molecule has 24 heavy (non-hydrogen) atoms. The Morgan fingerprint density at radius 2 is 2.17 bits per heavy atom. The first-order chi connectivity index (χ1) is 11.9. The van der Waals surface area contributed by atoms with Crippen molar-refractivity contribution in [1.82, 2.24) is 19.9 Å². The predicted molar refractivity (Wildman–Crippen MR) is 95.4 cm³/mol. The van der Waals surface area contributed by atoms with E-state index in [4.69, 9.17) is 4.74 Å². The van der Waals surface area contributed by atoms with E-state index in [-0.39, 0.29) is 0 Å². The van der Waals surface area contributed by atoms with Gasteiger partial charge in [0.15, 0.2) is 5.65 Å². The molecular formula is C17H21N5OS. The van der Waals surface area contributed by atoms with Gasteiger partial charge in [-0.25, -0.2) is 4.98 Å². The molecule has 6 nitrogen and oxygen atoms in total. The number of hydrogen-bond donors (Lipinski definition) is 2. The molecule has 1 aliphatic rings. The lowest BCUT2D eigenvalue weighted by atomic mass is 9.90. The number of rotatable bonds is 6. The van der Waals surface area contributed by atoms with Crippen LogP contribution in [0.1, 0.15) is 37.0 Å². The van der Waals surface area contributed by atoms with Crippen molar-refractivity contribution < 1.29 is 4.74 Å². The van der Waals surface area contributed by atoms with E-state index in [9.17, 15) is 0 Å². The van der Waals surface area contributed by atoms with Gasteiger partial charge in [-0.15, -0.1) is 11.3 Å². The highest BCUT2D eigenvalue weighted by atomic mass is 32.1. The van der Waals surface area contributed by atoms with Crippen LogP contribution < -0.4 is 10.1 Å². The summed E-state index contributed by atoms with van der Waals surface area (Å²) in [6.45, 7) is 1.42. The third-order valence-electron chi connectivity index (χ3n) is 4.43. The molecule has 0 atom stereocenters. The lowest BCUT2D eigenvalue weighted by Gasteiger charge is -2.21. The highest BCUT2D eigenvalue weighted by Crippen LogP contribution is 2.26. The zero-order valence-corrected chi connectivity index (χ0v) is 14.3. The number of hydrogen-bond acceptors (Lipinski definition) is 6. The van der Waals surface area contributed by atoms with Gasteiger partial charge in [0.2, 0.25) is 11.8 Å². The van der Waals surface area contributed by atoms with Crippen molar-refractivity contribution in [2.24, 2.45) is 5.92 Å². The van der Waals surface area contributed by atoms with Gasteiger partial charge in [0.1, 0.15) is 5.52 Å². The lowest BCUT2D eigenvalue weighted by Crippen LogP contribution is -2.16. The Labute approximate surface area is 144 Å². The molecule has 1 aliphatic carbocycles. The van der Waals surface area contributed by atoms with Gasteiger partial charge < -0.3 is 15.0 Å². The first-order valence-electron chi connectivity index (χ1n) is 8.48. The maximum atomic E-state index is 6.04. The molecule has 3 aromatic heterocycles. The Morgan fingerprint density at radius 3 is 3.00 bits per heavy atom. The lowest BCUT2D eigenvalue weighted by molar-refractivity contribution is 0.205. The van der Waals surface area contributed by atoms with Crippen LogP contribution in [0.2, 0.25) is 0 Å². The van der Waals surface area contributed by atoms with Crippen LogP contribution in [0.3, 0.4) is 0 Å². The van der Waals surface area contributed by atoms with E-state index in [1.54, 1.807) is 17.7 Å². The summed E-state index contributed by atoms with van der Waals surface area (Å²) >= 11 is 1.71. The molecule has 0 saturated heterocycles. The first-order valence-corrected chi connectivity index (χ1v) is 9.36. The van der Waals surface area contributed by atoms with Crippen LogP contribution in [0.25, 0.3) is 11.2 Å². The van der Waals surface area contributed by atoms with Crippen LogP contribution in [-0.4, -0.2) is 26.5 Å². The number of ether oxygens (including phenoxy) is 1. The smallest absolute Gasteiger partial charge is 0.245 e. The van der Waals surface area contributed by atoms with Gasteiger partial charge in [0.05, 0.1) is 19.5 Å². The molecule has 1 saturated carbocycles. The fourth-order valence-electron chi connectivity index (χ4n) is 3.12. The van der Waals surface area contributed by atoms with Gasteiger partial charge >= 0.3 is 0 Å². The normalized spacial score (nSPS) is 15.7. The molecular weight excluding hydrogens is 322 g/mol. The van der Waals surface area contributed by atoms with Gasteiger partial charge in [-0.1, -0.05) is 25.3 Å². The van der Waals surface area contributed by atoms with Crippen molar-refractivity contribution in [2.75, 3.05) is 11.9 Å². The molecule has 126 valence electrons. The molecule has 0 radical (unpaired) electrons. The zero-order chi connectivity index (χ0) is 16.2. The zero-order valence-electron chi connectivity index (χ0n) is 13.5. The largest absolute Gasteiger partial charge is 0.476 e. The molecule has 0 aromatic carbocycles. The van der Waals surface area contributed by atoms with Crippen molar-refractivity contribution in [3.05, 3.63) is 28.7 Å². The minimum atomic E-state index is 0.557. The molecule has 0 aliphatic heterocycles. The Hall–Kier alpha value is -2.15. The first kappa shape index (κ1) is 15.4. The average Bonchev–Trinajstić information content (AvgIpc) is 3.30. The number of nitrogens with one attached hydrogen (secondary N) is 2. The highest BCUT2D eigenvalue weighted by Gasteiger charge is 2.17. The fraction of sp³-hybridized carbons (Fsp3) is 0.471. The van der Waals surface area contributed by atoms with E-state index in [0.29, 0.717) is 29.9 Å². The molecule has 0 spiro atoms. The summed E-state index contributed by atoms with van der Waals surface area (Å²) in [5.74, 6) is 1.78. The molecule has 1 fully saturated rings. The summed E-state index contributed by atoms with van der Waals surface area (Å²) < 4.78 is 6.04. The van der Waals surface area contributed by atoms with Crippen LogP contribution in [0, 0.1) is 5.92 Å². The third kappa shape index (κ3) is 3.51. The Kier molecular flexibility index (Phi) is 4.60. The SMILES string of the molecule is c1csc(CNc2nc(OCC3CCCCC3)c3[nH]cnc3n2)c1. The van der Waals surface area contributed by atoms with Crippen LogP contribution >= 0.6 is 11.3 Å². The van der Waals surface area contributed by atoms with Crippen molar-refractivity contribution in [2.45, 2.75) is 38.6 Å². The Balaban J connectivity index is 1.48. The number of aromatic nitrogens is 4. The third-order valence-corrected chi connectivity index (χ3v) is 5.31. The van der Waals surface area contributed by atoms with Crippen LogP contribution in [0.5, 0.6) is 5.88 Å². The maximum Gasteiger partial charge on any atom is 0.245 e. The summed E-state index contributed by atoms with van der Waals surface area (Å²) in [6.07, 6.45) is 8.11. The van der Waals surface area contributed by atoms with Crippen LogP contribution in [0.4, 0.5) is 5.95 Å². The van der Waals surface area contributed by atoms with Crippen molar-refractivity contribution in [3.63, 3.8) is 0 Å². The number of aromatic amines is 1. The van der Waals surface area contributed by atoms with Gasteiger partial charge in [-0.3, -0.25) is 0 Å². The second kappa shape index (κ2) is 7.17. The Morgan fingerprint density at radius 1 is 1.25 bits per heavy atom. The number of nitrogens with zero attached hydrogens (tertiary/aromatic N) is 3. The summed E-state index contributed by atoms with van der Waals surface area (Å²) in [6, 6.07) is 4.13. The second-order valence-corrected chi connectivity index (χ2v) is 7.23. The fourth-order valence-corrected chi connectivity index (χ4v) is 3.76. The number of thiophene rings is 1. The highest BCUT2D eigenvalue weighted by molar-refractivity contribution is 7.09. The van der Waals surface area contributed by atoms with Crippen molar-refractivity contribution in [1.29, 1.82) is 0 Å². The minimum absolute atomic E-state index is 0.557. The molecule has 0 unspecified atom stereocenters. The molecule has 3 aromatic rings. The van der Waals surface area contributed by atoms with E-state index in [1.807, 2.05) is 6.07 Å². The summed E-state index contributed by atoms with van der Waals surface area (Å²) in [4.78, 5) is 17.6. The second-order valence-electron chi connectivity index (χ2n) is 6.20. The van der Waals surface area contributed by atoms with Crippen LogP contribution in [-0.2, 0) is 6.54 Å². The summed E-state index contributed by atoms with van der Waals surface area (Å²) in [5.41, 5.74) is 1.41. The minimum Gasteiger partial charge on any atom is -0.476 e. The van der Waals surface area contributed by atoms with Crippen molar-refractivity contribution in [3.8, 4) is 5.88 Å². The van der Waals surface area contributed by atoms with Gasteiger partial charge in [0.25, 0.3) is 0 Å². The standard InChI is InChI=1S/C17H21N5OS/c1-2-5-12(6-3-1)10-23-16-14-15(20-11-19-14)21-17(22-16)18-9-13-7-4-8-24-13/h4,7-8,11-12H,1-3,5-6,9-10H2,(H2,18,19,20,21,22). The number of imidazole rings is 1. The molecule has 4 rings (SSSR count). The number of fused-ring (bicyclic) bond motifs is 1. The van der Waals surface area contributed by atoms with Crippen LogP contribution in [0.15, 0.2) is 23.8 Å². The quantitative estimate of drug-likeness (QED) is 0.708. The van der Waals surface area contributed by atoms with Gasteiger partial charge in [0, 0.05) is 4.88 Å². The molecule has 0 bridgehead atoms. The van der Waals surface area contributed by atoms with E-state index in [1.165, 1.54) is 37.0 Å². The van der Waals surface area contributed by atoms with E-state index < -0.39 is 0 Å². The molecule has 7 heteroatoms. The van der Waals surface area contributed by atoms with E-state index in [2.05, 4.69) is 36.7 Å². The predicted octanol–water partition coefficient (Wildman–Crippen LogP) is 3.99. The molecule has 3 heterocycles. The van der Waals surface area contributed by atoms with E-state index >= 15 is 0 Å². The summed E-state index contributed by atoms with van der Waals surface area (Å²) in [5, 5.41) is 5.32.